The first-order chi connectivity index (χ1) is 6.84. The van der Waals surface area contributed by atoms with E-state index in [2.05, 4.69) is 0 Å². The second-order valence-corrected chi connectivity index (χ2v) is 4.52. The molecule has 2 atom stereocenters. The summed E-state index contributed by atoms with van der Waals surface area (Å²) in [5.74, 6) is -0.619. The zero-order valence-corrected chi connectivity index (χ0v) is 9.75. The van der Waals surface area contributed by atoms with Crippen LogP contribution in [0.4, 0.5) is 0 Å². The van der Waals surface area contributed by atoms with Crippen LogP contribution in [-0.2, 0) is 19.1 Å². The summed E-state index contributed by atoms with van der Waals surface area (Å²) in [5.41, 5.74) is -1.39. The summed E-state index contributed by atoms with van der Waals surface area (Å²) in [6.07, 6.45) is 0.397. The molecular weight excluding hydrogens is 196 g/mol. The molecule has 4 heteroatoms. The highest BCUT2D eigenvalue weighted by atomic mass is 16.6. The van der Waals surface area contributed by atoms with E-state index in [-0.39, 0.29) is 11.4 Å². The third-order valence-corrected chi connectivity index (χ3v) is 2.87. The Labute approximate surface area is 89.9 Å². The van der Waals surface area contributed by atoms with E-state index in [0.29, 0.717) is 19.6 Å². The number of Topliss-reactive ketones (excluding diaryl/α,β-unsaturated/α-hetero) is 1. The SMILES string of the molecule is CCOC(=O)C(C)(CC1(C)CO1)C(C)=O. The zero-order valence-electron chi connectivity index (χ0n) is 9.75. The average Bonchev–Trinajstić information content (AvgIpc) is 2.83. The molecule has 0 aliphatic carbocycles. The Morgan fingerprint density at radius 2 is 2.07 bits per heavy atom. The summed E-state index contributed by atoms with van der Waals surface area (Å²) >= 11 is 0. The predicted molar refractivity (Wildman–Crippen MR) is 54.4 cm³/mol. The first-order valence-electron chi connectivity index (χ1n) is 5.16. The number of ether oxygens (including phenoxy) is 2. The minimum absolute atomic E-state index is 0.169. The van der Waals surface area contributed by atoms with Crippen molar-refractivity contribution in [2.45, 2.75) is 39.7 Å². The largest absolute Gasteiger partial charge is 0.465 e. The van der Waals surface area contributed by atoms with Crippen LogP contribution in [0.5, 0.6) is 0 Å². The molecule has 1 aliphatic rings. The molecule has 0 N–H and O–H groups in total. The molecule has 0 radical (unpaired) electrons. The van der Waals surface area contributed by atoms with Crippen molar-refractivity contribution >= 4 is 11.8 Å². The highest BCUT2D eigenvalue weighted by Gasteiger charge is 2.51. The van der Waals surface area contributed by atoms with Gasteiger partial charge < -0.3 is 9.47 Å². The molecular formula is C11H18O4. The first kappa shape index (κ1) is 12.2. The molecule has 0 spiro atoms. The molecule has 4 nitrogen and oxygen atoms in total. The Hall–Kier alpha value is -0.900. The van der Waals surface area contributed by atoms with Gasteiger partial charge in [-0.25, -0.2) is 0 Å². The third-order valence-electron chi connectivity index (χ3n) is 2.87. The fourth-order valence-corrected chi connectivity index (χ4v) is 1.60. The highest BCUT2D eigenvalue weighted by Crippen LogP contribution is 2.40. The number of epoxide rings is 1. The molecule has 0 aromatic carbocycles. The Bertz CT molecular complexity index is 280. The molecule has 1 rings (SSSR count). The molecule has 86 valence electrons. The van der Waals surface area contributed by atoms with Crippen molar-refractivity contribution in [2.24, 2.45) is 5.41 Å². The Morgan fingerprint density at radius 1 is 1.53 bits per heavy atom. The van der Waals surface area contributed by atoms with E-state index in [1.54, 1.807) is 13.8 Å². The smallest absolute Gasteiger partial charge is 0.319 e. The van der Waals surface area contributed by atoms with Crippen LogP contribution in [-0.4, -0.2) is 30.6 Å². The van der Waals surface area contributed by atoms with E-state index in [9.17, 15) is 9.59 Å². The fraction of sp³-hybridized carbons (Fsp3) is 0.818. The monoisotopic (exact) mass is 214 g/mol. The summed E-state index contributed by atoms with van der Waals surface area (Å²) in [7, 11) is 0. The van der Waals surface area contributed by atoms with Gasteiger partial charge >= 0.3 is 5.97 Å². The molecule has 1 aliphatic heterocycles. The quantitative estimate of drug-likeness (QED) is 0.393. The van der Waals surface area contributed by atoms with Gasteiger partial charge in [0.2, 0.25) is 0 Å². The van der Waals surface area contributed by atoms with Crippen molar-refractivity contribution in [3.63, 3.8) is 0 Å². The standard InChI is InChI=1S/C11H18O4/c1-5-14-9(13)11(4,8(2)12)6-10(3)7-15-10/h5-7H2,1-4H3. The maximum atomic E-state index is 11.7. The van der Waals surface area contributed by atoms with E-state index in [4.69, 9.17) is 9.47 Å². The number of carbonyl (C=O) groups is 2. The van der Waals surface area contributed by atoms with Crippen molar-refractivity contribution in [3.05, 3.63) is 0 Å². The highest BCUT2D eigenvalue weighted by molar-refractivity contribution is 6.02. The van der Waals surface area contributed by atoms with Crippen molar-refractivity contribution in [1.82, 2.24) is 0 Å². The Morgan fingerprint density at radius 3 is 2.40 bits per heavy atom. The molecule has 0 amide bonds. The summed E-state index contributed by atoms with van der Waals surface area (Å²) in [5, 5.41) is 0. The lowest BCUT2D eigenvalue weighted by molar-refractivity contribution is -0.159. The van der Waals surface area contributed by atoms with Crippen molar-refractivity contribution < 1.29 is 19.1 Å². The van der Waals surface area contributed by atoms with Gasteiger partial charge in [-0.05, 0) is 27.7 Å². The van der Waals surface area contributed by atoms with Gasteiger partial charge in [0.1, 0.15) is 11.2 Å². The Kier molecular flexibility index (Phi) is 3.19. The molecule has 0 aromatic heterocycles. The van der Waals surface area contributed by atoms with Crippen LogP contribution in [0.25, 0.3) is 0 Å². The van der Waals surface area contributed by atoms with Gasteiger partial charge in [-0.3, -0.25) is 9.59 Å². The van der Waals surface area contributed by atoms with Crippen LogP contribution in [0.2, 0.25) is 0 Å². The van der Waals surface area contributed by atoms with Crippen molar-refractivity contribution in [1.29, 1.82) is 0 Å². The van der Waals surface area contributed by atoms with Crippen LogP contribution in [0.3, 0.4) is 0 Å². The first-order valence-corrected chi connectivity index (χ1v) is 5.16. The minimum Gasteiger partial charge on any atom is -0.465 e. The molecule has 0 bridgehead atoms. The molecule has 15 heavy (non-hydrogen) atoms. The summed E-state index contributed by atoms with van der Waals surface area (Å²) in [6, 6.07) is 0. The van der Waals surface area contributed by atoms with Gasteiger partial charge in [-0.1, -0.05) is 0 Å². The zero-order chi connectivity index (χ0) is 11.7. The third kappa shape index (κ3) is 2.56. The minimum atomic E-state index is -1.07. The van der Waals surface area contributed by atoms with Crippen molar-refractivity contribution in [2.75, 3.05) is 13.2 Å². The molecule has 2 unspecified atom stereocenters. The molecule has 1 fully saturated rings. The second kappa shape index (κ2) is 3.93. The molecule has 1 saturated heterocycles. The lowest BCUT2D eigenvalue weighted by atomic mass is 9.78. The lowest BCUT2D eigenvalue weighted by Gasteiger charge is -2.25. The van der Waals surface area contributed by atoms with Gasteiger partial charge in [-0.15, -0.1) is 0 Å². The average molecular weight is 214 g/mol. The molecule has 0 aromatic rings. The number of hydrogen-bond acceptors (Lipinski definition) is 4. The van der Waals surface area contributed by atoms with Crippen LogP contribution in [0, 0.1) is 5.41 Å². The number of rotatable bonds is 5. The lowest BCUT2D eigenvalue weighted by Crippen LogP contribution is -2.40. The van der Waals surface area contributed by atoms with Crippen LogP contribution >= 0.6 is 0 Å². The van der Waals surface area contributed by atoms with Crippen LogP contribution in [0.15, 0.2) is 0 Å². The summed E-state index contributed by atoms with van der Waals surface area (Å²) < 4.78 is 10.1. The number of hydrogen-bond donors (Lipinski definition) is 0. The maximum Gasteiger partial charge on any atom is 0.319 e. The maximum absolute atomic E-state index is 11.7. The summed E-state index contributed by atoms with van der Waals surface area (Å²) in [4.78, 5) is 23.2. The van der Waals surface area contributed by atoms with Gasteiger partial charge in [-0.2, -0.15) is 0 Å². The fourth-order valence-electron chi connectivity index (χ4n) is 1.60. The van der Waals surface area contributed by atoms with E-state index < -0.39 is 11.4 Å². The Balaban J connectivity index is 2.77. The molecule has 1 heterocycles. The number of esters is 1. The normalized spacial score (nSPS) is 28.0. The topological polar surface area (TPSA) is 55.9 Å². The van der Waals surface area contributed by atoms with E-state index in [1.165, 1.54) is 6.92 Å². The van der Waals surface area contributed by atoms with E-state index in [0.717, 1.165) is 0 Å². The number of carbonyl (C=O) groups excluding carboxylic acids is 2. The van der Waals surface area contributed by atoms with Gasteiger partial charge in [0.05, 0.1) is 18.8 Å². The van der Waals surface area contributed by atoms with Gasteiger partial charge in [0.15, 0.2) is 0 Å². The summed E-state index contributed by atoms with van der Waals surface area (Å²) in [6.45, 7) is 7.57. The van der Waals surface area contributed by atoms with Gasteiger partial charge in [0, 0.05) is 6.42 Å². The van der Waals surface area contributed by atoms with Crippen LogP contribution in [0.1, 0.15) is 34.1 Å². The van der Waals surface area contributed by atoms with E-state index in [1.807, 2.05) is 6.92 Å². The van der Waals surface area contributed by atoms with Gasteiger partial charge in [0.25, 0.3) is 0 Å². The second-order valence-electron chi connectivity index (χ2n) is 4.52. The van der Waals surface area contributed by atoms with Crippen LogP contribution < -0.4 is 0 Å². The van der Waals surface area contributed by atoms with E-state index >= 15 is 0 Å². The predicted octanol–water partition coefficient (Wildman–Crippen LogP) is 1.32. The van der Waals surface area contributed by atoms with Crippen molar-refractivity contribution in [3.8, 4) is 0 Å². The number of ketones is 1. The molecule has 0 saturated carbocycles.